The molecule has 0 saturated heterocycles. The molecule has 0 fully saturated rings. The maximum atomic E-state index is 13.5. The van der Waals surface area contributed by atoms with E-state index in [9.17, 15) is 9.18 Å². The molecule has 0 unspecified atom stereocenters. The number of nitrogens with zero attached hydrogens (tertiary/aromatic N) is 2. The van der Waals surface area contributed by atoms with Crippen molar-refractivity contribution in [3.05, 3.63) is 35.9 Å². The average Bonchev–Trinajstić information content (AvgIpc) is 2.46. The summed E-state index contributed by atoms with van der Waals surface area (Å²) in [7, 11) is 0. The largest absolute Gasteiger partial charge is 0.351 e. The molecular weight excluding hydrogens is 259 g/mol. The van der Waals surface area contributed by atoms with E-state index in [1.54, 1.807) is 0 Å². The van der Waals surface area contributed by atoms with Crippen LogP contribution in [0.5, 0.6) is 0 Å². The zero-order valence-corrected chi connectivity index (χ0v) is 11.3. The number of fused-ring (bicyclic) bond motifs is 1. The number of amides is 1. The van der Waals surface area contributed by atoms with Crippen LogP contribution in [0.15, 0.2) is 24.5 Å². The van der Waals surface area contributed by atoms with Gasteiger partial charge < -0.3 is 10.6 Å². The molecule has 106 valence electrons. The van der Waals surface area contributed by atoms with Crippen molar-refractivity contribution in [2.24, 2.45) is 0 Å². The van der Waals surface area contributed by atoms with Gasteiger partial charge in [0.2, 0.25) is 0 Å². The van der Waals surface area contributed by atoms with Crippen LogP contribution in [0.25, 0.3) is 11.0 Å². The summed E-state index contributed by atoms with van der Waals surface area (Å²) >= 11 is 0. The van der Waals surface area contributed by atoms with E-state index < -0.39 is 5.82 Å². The third kappa shape index (κ3) is 3.48. The highest BCUT2D eigenvalue weighted by Crippen LogP contribution is 2.16. The van der Waals surface area contributed by atoms with E-state index in [2.05, 4.69) is 27.5 Å². The molecule has 0 aliphatic heterocycles. The highest BCUT2D eigenvalue weighted by atomic mass is 19.1. The van der Waals surface area contributed by atoms with Crippen LogP contribution in [0.3, 0.4) is 0 Å². The zero-order chi connectivity index (χ0) is 14.4. The summed E-state index contributed by atoms with van der Waals surface area (Å²) in [6.07, 6.45) is 4.00. The van der Waals surface area contributed by atoms with Crippen LogP contribution in [-0.2, 0) is 0 Å². The SMILES string of the molecule is CCCNCCNC(=O)c1cc(F)cc2nccnc12. The Morgan fingerprint density at radius 3 is 2.80 bits per heavy atom. The van der Waals surface area contributed by atoms with Gasteiger partial charge in [0.05, 0.1) is 11.1 Å². The third-order valence-electron chi connectivity index (χ3n) is 2.80. The van der Waals surface area contributed by atoms with Gasteiger partial charge in [0, 0.05) is 31.5 Å². The summed E-state index contributed by atoms with van der Waals surface area (Å²) < 4.78 is 13.5. The predicted octanol–water partition coefficient (Wildman–Crippen LogP) is 1.50. The lowest BCUT2D eigenvalue weighted by Crippen LogP contribution is -2.32. The quantitative estimate of drug-likeness (QED) is 0.785. The molecule has 0 aliphatic carbocycles. The molecule has 20 heavy (non-hydrogen) atoms. The first-order valence-electron chi connectivity index (χ1n) is 6.61. The molecule has 0 spiro atoms. The van der Waals surface area contributed by atoms with Gasteiger partial charge in [-0.2, -0.15) is 0 Å². The fourth-order valence-electron chi connectivity index (χ4n) is 1.87. The molecule has 1 aromatic carbocycles. The van der Waals surface area contributed by atoms with Gasteiger partial charge >= 0.3 is 0 Å². The predicted molar refractivity (Wildman–Crippen MR) is 75.0 cm³/mol. The number of carbonyl (C=O) groups excluding carboxylic acids is 1. The minimum Gasteiger partial charge on any atom is -0.351 e. The van der Waals surface area contributed by atoms with Crippen molar-refractivity contribution in [2.45, 2.75) is 13.3 Å². The molecular formula is C14H17FN4O. The second kappa shape index (κ2) is 6.91. The Morgan fingerprint density at radius 1 is 1.20 bits per heavy atom. The van der Waals surface area contributed by atoms with Crippen LogP contribution in [0.2, 0.25) is 0 Å². The second-order valence-electron chi connectivity index (χ2n) is 4.38. The standard InChI is InChI=1S/C14H17FN4O/c1-2-3-16-4-5-19-14(20)11-8-10(15)9-12-13(11)18-7-6-17-12/h6-9,16H,2-5H2,1H3,(H,19,20). The molecule has 5 nitrogen and oxygen atoms in total. The maximum absolute atomic E-state index is 13.5. The summed E-state index contributed by atoms with van der Waals surface area (Å²) in [5, 5.41) is 5.91. The van der Waals surface area contributed by atoms with Gasteiger partial charge in [0.1, 0.15) is 11.3 Å². The molecule has 2 N–H and O–H groups in total. The molecule has 1 amide bonds. The Labute approximate surface area is 116 Å². The van der Waals surface area contributed by atoms with Crippen LogP contribution in [0.4, 0.5) is 4.39 Å². The lowest BCUT2D eigenvalue weighted by molar-refractivity contribution is 0.0955. The van der Waals surface area contributed by atoms with Crippen molar-refractivity contribution < 1.29 is 9.18 Å². The summed E-state index contributed by atoms with van der Waals surface area (Å²) in [4.78, 5) is 20.2. The molecule has 0 bridgehead atoms. The van der Waals surface area contributed by atoms with Crippen LogP contribution in [0, 0.1) is 5.82 Å². The summed E-state index contributed by atoms with van der Waals surface area (Å²) in [6, 6.07) is 2.45. The first-order chi connectivity index (χ1) is 9.72. The lowest BCUT2D eigenvalue weighted by Gasteiger charge is -2.08. The number of carbonyl (C=O) groups is 1. The van der Waals surface area contributed by atoms with Crippen LogP contribution in [0.1, 0.15) is 23.7 Å². The van der Waals surface area contributed by atoms with Crippen molar-refractivity contribution in [3.63, 3.8) is 0 Å². The van der Waals surface area contributed by atoms with E-state index in [-0.39, 0.29) is 11.5 Å². The van der Waals surface area contributed by atoms with Gasteiger partial charge in [-0.25, -0.2) is 4.39 Å². The molecule has 1 aromatic heterocycles. The Balaban J connectivity index is 2.09. The average molecular weight is 276 g/mol. The molecule has 1 heterocycles. The van der Waals surface area contributed by atoms with E-state index in [1.165, 1.54) is 24.5 Å². The molecule has 6 heteroatoms. The number of nitrogens with one attached hydrogen (secondary N) is 2. The van der Waals surface area contributed by atoms with Gasteiger partial charge in [0.25, 0.3) is 5.91 Å². The molecule has 0 saturated carbocycles. The molecule has 0 radical (unpaired) electrons. The summed E-state index contributed by atoms with van der Waals surface area (Å²) in [5.41, 5.74) is 0.998. The second-order valence-corrected chi connectivity index (χ2v) is 4.38. The third-order valence-corrected chi connectivity index (χ3v) is 2.80. The van der Waals surface area contributed by atoms with Crippen molar-refractivity contribution >= 4 is 16.9 Å². The maximum Gasteiger partial charge on any atom is 0.253 e. The van der Waals surface area contributed by atoms with Crippen LogP contribution in [-0.4, -0.2) is 35.5 Å². The molecule has 0 atom stereocenters. The van der Waals surface area contributed by atoms with E-state index in [0.717, 1.165) is 13.0 Å². The molecule has 0 aliphatic rings. The topological polar surface area (TPSA) is 66.9 Å². The highest BCUT2D eigenvalue weighted by molar-refractivity contribution is 6.04. The minimum atomic E-state index is -0.493. The van der Waals surface area contributed by atoms with Gasteiger partial charge in [-0.05, 0) is 19.0 Å². The first-order valence-corrected chi connectivity index (χ1v) is 6.61. The zero-order valence-electron chi connectivity index (χ0n) is 11.3. The van der Waals surface area contributed by atoms with Gasteiger partial charge in [0.15, 0.2) is 0 Å². The van der Waals surface area contributed by atoms with Crippen molar-refractivity contribution in [3.8, 4) is 0 Å². The number of benzene rings is 1. The van der Waals surface area contributed by atoms with Gasteiger partial charge in [-0.1, -0.05) is 6.92 Å². The Kier molecular flexibility index (Phi) is 4.95. The number of halogens is 1. The van der Waals surface area contributed by atoms with E-state index in [1.807, 2.05) is 0 Å². The highest BCUT2D eigenvalue weighted by Gasteiger charge is 2.13. The molecule has 2 aromatic rings. The number of hydrogen-bond donors (Lipinski definition) is 2. The fraction of sp³-hybridized carbons (Fsp3) is 0.357. The Hall–Kier alpha value is -2.08. The number of aromatic nitrogens is 2. The van der Waals surface area contributed by atoms with Crippen molar-refractivity contribution in [1.29, 1.82) is 0 Å². The monoisotopic (exact) mass is 276 g/mol. The summed E-state index contributed by atoms with van der Waals surface area (Å²) in [6.45, 7) is 4.14. The van der Waals surface area contributed by atoms with Gasteiger partial charge in [-0.15, -0.1) is 0 Å². The normalized spacial score (nSPS) is 10.7. The smallest absolute Gasteiger partial charge is 0.253 e. The van der Waals surface area contributed by atoms with Crippen LogP contribution < -0.4 is 10.6 Å². The molecule has 2 rings (SSSR count). The first kappa shape index (κ1) is 14.3. The number of hydrogen-bond acceptors (Lipinski definition) is 4. The van der Waals surface area contributed by atoms with E-state index in [4.69, 9.17) is 0 Å². The summed E-state index contributed by atoms with van der Waals surface area (Å²) in [5.74, 6) is -0.833. The van der Waals surface area contributed by atoms with Gasteiger partial charge in [-0.3, -0.25) is 14.8 Å². The lowest BCUT2D eigenvalue weighted by atomic mass is 10.1. The van der Waals surface area contributed by atoms with E-state index in [0.29, 0.717) is 24.1 Å². The van der Waals surface area contributed by atoms with Crippen LogP contribution >= 0.6 is 0 Å². The van der Waals surface area contributed by atoms with Crippen molar-refractivity contribution in [2.75, 3.05) is 19.6 Å². The Bertz CT molecular complexity index is 603. The van der Waals surface area contributed by atoms with E-state index >= 15 is 0 Å². The fourth-order valence-corrected chi connectivity index (χ4v) is 1.87. The Morgan fingerprint density at radius 2 is 2.00 bits per heavy atom. The minimum absolute atomic E-state index is 0.212. The van der Waals surface area contributed by atoms with Crippen molar-refractivity contribution in [1.82, 2.24) is 20.6 Å². The number of rotatable bonds is 6.